The fourth-order valence-electron chi connectivity index (χ4n) is 4.02. The maximum absolute atomic E-state index is 13.5. The molecular weight excluding hydrogens is 428 g/mol. The van der Waals surface area contributed by atoms with Crippen LogP contribution >= 0.6 is 0 Å². The summed E-state index contributed by atoms with van der Waals surface area (Å²) < 4.78 is 36.2. The van der Waals surface area contributed by atoms with E-state index in [1.807, 2.05) is 45.0 Å². The smallest absolute Gasteiger partial charge is 0.328 e. The van der Waals surface area contributed by atoms with Gasteiger partial charge in [0.15, 0.2) is 21.2 Å². The van der Waals surface area contributed by atoms with E-state index < -0.39 is 20.6 Å². The van der Waals surface area contributed by atoms with Gasteiger partial charge in [-0.3, -0.25) is 4.79 Å². The van der Waals surface area contributed by atoms with Crippen LogP contribution in [0.5, 0.6) is 0 Å². The van der Waals surface area contributed by atoms with Crippen molar-refractivity contribution in [1.29, 1.82) is 0 Å². The van der Waals surface area contributed by atoms with E-state index in [2.05, 4.69) is 10.1 Å². The Bertz CT molecular complexity index is 1240. The molecule has 0 atom stereocenters. The van der Waals surface area contributed by atoms with Gasteiger partial charge in [0.25, 0.3) is 5.89 Å². The van der Waals surface area contributed by atoms with Crippen molar-refractivity contribution in [2.45, 2.75) is 62.7 Å². The van der Waals surface area contributed by atoms with E-state index in [0.29, 0.717) is 18.7 Å². The summed E-state index contributed by atoms with van der Waals surface area (Å²) in [5.74, 6) is -0.255. The van der Waals surface area contributed by atoms with Gasteiger partial charge in [0, 0.05) is 5.56 Å². The standard InChI is InChI=1S/C24H26N2O5S/c1-16-6-9-19(10-7-16)22-25-21(26-31-22)15-30-23(27)24(12-4-5-13-24)32(28,29)20-11-8-17(2)18(3)14-20/h6-11,14H,4-5,12-13,15H2,1-3H3. The number of sulfone groups is 1. The molecule has 1 saturated carbocycles. The summed E-state index contributed by atoms with van der Waals surface area (Å²) in [5.41, 5.74) is 3.72. The summed E-state index contributed by atoms with van der Waals surface area (Å²) in [6, 6.07) is 12.6. The number of carbonyl (C=O) groups excluding carboxylic acids is 1. The molecule has 0 saturated heterocycles. The van der Waals surface area contributed by atoms with Crippen LogP contribution in [-0.4, -0.2) is 29.3 Å². The van der Waals surface area contributed by atoms with Gasteiger partial charge in [-0.15, -0.1) is 0 Å². The predicted octanol–water partition coefficient (Wildman–Crippen LogP) is 4.49. The first-order valence-electron chi connectivity index (χ1n) is 10.6. The van der Waals surface area contributed by atoms with Crippen molar-refractivity contribution in [2.75, 3.05) is 0 Å². The Morgan fingerprint density at radius 1 is 1.03 bits per heavy atom. The van der Waals surface area contributed by atoms with E-state index in [9.17, 15) is 13.2 Å². The monoisotopic (exact) mass is 454 g/mol. The number of rotatable bonds is 6. The van der Waals surface area contributed by atoms with Crippen LogP contribution in [0.25, 0.3) is 11.5 Å². The van der Waals surface area contributed by atoms with E-state index in [1.165, 1.54) is 0 Å². The van der Waals surface area contributed by atoms with Gasteiger partial charge in [-0.05, 0) is 69.0 Å². The fraction of sp³-hybridized carbons (Fsp3) is 0.375. The minimum Gasteiger partial charge on any atom is -0.456 e. The number of nitrogens with zero attached hydrogens (tertiary/aromatic N) is 2. The highest BCUT2D eigenvalue weighted by Crippen LogP contribution is 2.42. The summed E-state index contributed by atoms with van der Waals surface area (Å²) in [4.78, 5) is 17.6. The molecule has 32 heavy (non-hydrogen) atoms. The molecule has 2 aromatic carbocycles. The lowest BCUT2D eigenvalue weighted by Crippen LogP contribution is -2.45. The largest absolute Gasteiger partial charge is 0.456 e. The normalized spacial score (nSPS) is 15.6. The average Bonchev–Trinajstić information content (AvgIpc) is 3.45. The minimum atomic E-state index is -3.92. The van der Waals surface area contributed by atoms with Gasteiger partial charge >= 0.3 is 5.97 Å². The minimum absolute atomic E-state index is 0.153. The van der Waals surface area contributed by atoms with Crippen LogP contribution in [0.3, 0.4) is 0 Å². The Balaban J connectivity index is 1.54. The van der Waals surface area contributed by atoms with E-state index in [1.54, 1.807) is 18.2 Å². The third kappa shape index (κ3) is 3.95. The predicted molar refractivity (Wildman–Crippen MR) is 119 cm³/mol. The average molecular weight is 455 g/mol. The Labute approximate surface area is 187 Å². The van der Waals surface area contributed by atoms with Crippen molar-refractivity contribution < 1.29 is 22.5 Å². The maximum Gasteiger partial charge on any atom is 0.328 e. The first-order valence-corrected chi connectivity index (χ1v) is 12.1. The summed E-state index contributed by atoms with van der Waals surface area (Å²) in [6.45, 7) is 5.50. The Hall–Kier alpha value is -3.00. The lowest BCUT2D eigenvalue weighted by atomic mass is 10.1. The molecule has 0 radical (unpaired) electrons. The number of ether oxygens (including phenoxy) is 1. The van der Waals surface area contributed by atoms with Gasteiger partial charge in [-0.1, -0.05) is 41.8 Å². The van der Waals surface area contributed by atoms with Crippen molar-refractivity contribution in [3.63, 3.8) is 0 Å². The van der Waals surface area contributed by atoms with Gasteiger partial charge in [0.05, 0.1) is 4.90 Å². The molecule has 168 valence electrons. The second kappa shape index (κ2) is 8.50. The van der Waals surface area contributed by atoms with Crippen LogP contribution in [0.4, 0.5) is 0 Å². The highest BCUT2D eigenvalue weighted by atomic mass is 32.2. The van der Waals surface area contributed by atoms with Gasteiger partial charge < -0.3 is 9.26 Å². The topological polar surface area (TPSA) is 99.4 Å². The Morgan fingerprint density at radius 2 is 1.72 bits per heavy atom. The first kappa shape index (κ1) is 22.2. The van der Waals surface area contributed by atoms with Crippen molar-refractivity contribution >= 4 is 15.8 Å². The van der Waals surface area contributed by atoms with Crippen LogP contribution in [-0.2, 0) is 26.0 Å². The van der Waals surface area contributed by atoms with Crippen LogP contribution in [0.1, 0.15) is 48.2 Å². The molecule has 0 N–H and O–H groups in total. The number of benzene rings is 2. The van der Waals surface area contributed by atoms with Crippen LogP contribution in [0, 0.1) is 20.8 Å². The molecule has 1 aliphatic rings. The summed E-state index contributed by atoms with van der Waals surface area (Å²) >= 11 is 0. The number of esters is 1. The molecular formula is C24H26N2O5S. The molecule has 1 fully saturated rings. The Kier molecular flexibility index (Phi) is 5.90. The van der Waals surface area contributed by atoms with E-state index >= 15 is 0 Å². The zero-order valence-corrected chi connectivity index (χ0v) is 19.2. The number of carbonyl (C=O) groups is 1. The molecule has 0 bridgehead atoms. The third-order valence-corrected chi connectivity index (χ3v) is 8.66. The molecule has 1 aliphatic carbocycles. The molecule has 0 aliphatic heterocycles. The molecule has 3 aromatic rings. The van der Waals surface area contributed by atoms with Crippen molar-refractivity contribution in [1.82, 2.24) is 10.1 Å². The summed E-state index contributed by atoms with van der Waals surface area (Å²) in [7, 11) is -3.92. The SMILES string of the molecule is Cc1ccc(-c2nc(COC(=O)C3(S(=O)(=O)c4ccc(C)c(C)c4)CCCC3)no2)cc1. The van der Waals surface area contributed by atoms with E-state index in [4.69, 9.17) is 9.26 Å². The second-order valence-corrected chi connectivity index (χ2v) is 10.7. The van der Waals surface area contributed by atoms with Gasteiger partial charge in [-0.2, -0.15) is 4.98 Å². The van der Waals surface area contributed by atoms with Crippen LogP contribution in [0.2, 0.25) is 0 Å². The van der Waals surface area contributed by atoms with Gasteiger partial charge in [0.1, 0.15) is 0 Å². The summed E-state index contributed by atoms with van der Waals surface area (Å²) in [5, 5.41) is 3.87. The number of aromatic nitrogens is 2. The number of hydrogen-bond acceptors (Lipinski definition) is 7. The lowest BCUT2D eigenvalue weighted by Gasteiger charge is -2.26. The Morgan fingerprint density at radius 3 is 2.38 bits per heavy atom. The molecule has 1 aromatic heterocycles. The maximum atomic E-state index is 13.5. The van der Waals surface area contributed by atoms with E-state index in [-0.39, 0.29) is 30.2 Å². The zero-order valence-electron chi connectivity index (χ0n) is 18.4. The molecule has 1 heterocycles. The van der Waals surface area contributed by atoms with Crippen molar-refractivity contribution in [3.05, 3.63) is 65.0 Å². The van der Waals surface area contributed by atoms with Crippen molar-refractivity contribution in [2.24, 2.45) is 0 Å². The summed E-state index contributed by atoms with van der Waals surface area (Å²) in [6.07, 6.45) is 1.78. The molecule has 0 unspecified atom stereocenters. The fourth-order valence-corrected chi connectivity index (χ4v) is 6.16. The van der Waals surface area contributed by atoms with Crippen LogP contribution in [0.15, 0.2) is 51.9 Å². The number of hydrogen-bond donors (Lipinski definition) is 0. The molecule has 0 spiro atoms. The van der Waals surface area contributed by atoms with E-state index in [0.717, 1.165) is 22.3 Å². The number of aryl methyl sites for hydroxylation is 3. The van der Waals surface area contributed by atoms with Crippen molar-refractivity contribution in [3.8, 4) is 11.5 Å². The zero-order chi connectivity index (χ0) is 22.9. The highest BCUT2D eigenvalue weighted by molar-refractivity contribution is 7.93. The molecule has 8 heteroatoms. The second-order valence-electron chi connectivity index (χ2n) is 8.41. The third-order valence-electron chi connectivity index (χ3n) is 6.19. The molecule has 0 amide bonds. The van der Waals surface area contributed by atoms with Gasteiger partial charge in [0.2, 0.25) is 5.82 Å². The lowest BCUT2D eigenvalue weighted by molar-refractivity contribution is -0.148. The first-order chi connectivity index (χ1) is 15.2. The van der Waals surface area contributed by atoms with Gasteiger partial charge in [-0.25, -0.2) is 8.42 Å². The molecule has 7 nitrogen and oxygen atoms in total. The quantitative estimate of drug-likeness (QED) is 0.506. The highest BCUT2D eigenvalue weighted by Gasteiger charge is 2.54. The van der Waals surface area contributed by atoms with Crippen LogP contribution < -0.4 is 0 Å². The molecule has 4 rings (SSSR count).